The molecule has 1 amide bonds. The minimum absolute atomic E-state index is 0.105. The van der Waals surface area contributed by atoms with Gasteiger partial charge in [0.1, 0.15) is 12.3 Å². The molecule has 9 heteroatoms. The zero-order valence-corrected chi connectivity index (χ0v) is 19.7. The molecule has 3 aromatic carbocycles. The number of amides is 1. The number of carbonyl (C=O) groups is 1. The van der Waals surface area contributed by atoms with Crippen molar-refractivity contribution < 1.29 is 22.7 Å². The summed E-state index contributed by atoms with van der Waals surface area (Å²) in [4.78, 5) is 15.2. The maximum atomic E-state index is 13.4. The fourth-order valence-electron chi connectivity index (χ4n) is 3.69. The van der Waals surface area contributed by atoms with E-state index in [1.54, 1.807) is 42.5 Å². The van der Waals surface area contributed by atoms with Crippen LogP contribution in [0.15, 0.2) is 83.8 Å². The number of anilines is 3. The summed E-state index contributed by atoms with van der Waals surface area (Å²) in [5, 5.41) is 2.81. The summed E-state index contributed by atoms with van der Waals surface area (Å²) >= 11 is 0. The molecular weight excluding hydrogens is 454 g/mol. The fourth-order valence-corrected chi connectivity index (χ4v) is 5.13. The van der Waals surface area contributed by atoms with E-state index < -0.39 is 15.9 Å². The molecule has 0 aliphatic carbocycles. The van der Waals surface area contributed by atoms with Crippen molar-refractivity contribution in [3.63, 3.8) is 0 Å². The normalized spacial score (nSPS) is 13.9. The number of morpholine rings is 1. The van der Waals surface area contributed by atoms with Crippen molar-refractivity contribution in [3.8, 4) is 5.75 Å². The number of hydrogen-bond acceptors (Lipinski definition) is 6. The van der Waals surface area contributed by atoms with E-state index in [1.165, 1.54) is 19.2 Å². The average Bonchev–Trinajstić information content (AvgIpc) is 2.89. The first-order valence-corrected chi connectivity index (χ1v) is 12.4. The highest BCUT2D eigenvalue weighted by atomic mass is 32.2. The molecule has 1 fully saturated rings. The maximum Gasteiger partial charge on any atom is 0.264 e. The Morgan fingerprint density at radius 1 is 0.971 bits per heavy atom. The largest absolute Gasteiger partial charge is 0.497 e. The van der Waals surface area contributed by atoms with E-state index >= 15 is 0 Å². The molecule has 0 radical (unpaired) electrons. The van der Waals surface area contributed by atoms with Gasteiger partial charge in [-0.2, -0.15) is 0 Å². The van der Waals surface area contributed by atoms with Crippen molar-refractivity contribution in [2.24, 2.45) is 0 Å². The molecule has 0 aromatic heterocycles. The van der Waals surface area contributed by atoms with Gasteiger partial charge < -0.3 is 19.7 Å². The predicted molar refractivity (Wildman–Crippen MR) is 132 cm³/mol. The second-order valence-electron chi connectivity index (χ2n) is 7.72. The summed E-state index contributed by atoms with van der Waals surface area (Å²) in [6.07, 6.45) is 0. The molecule has 1 saturated heterocycles. The number of benzene rings is 3. The van der Waals surface area contributed by atoms with Crippen LogP contribution in [0.25, 0.3) is 0 Å². The third-order valence-corrected chi connectivity index (χ3v) is 7.29. The van der Waals surface area contributed by atoms with Crippen LogP contribution < -0.4 is 19.3 Å². The molecule has 0 bridgehead atoms. The molecule has 0 unspecified atom stereocenters. The number of hydrogen-bond donors (Lipinski definition) is 1. The number of rotatable bonds is 8. The Bertz CT molecular complexity index is 1190. The molecular formula is C25H27N3O5S. The molecule has 34 heavy (non-hydrogen) atoms. The Morgan fingerprint density at radius 3 is 2.24 bits per heavy atom. The van der Waals surface area contributed by atoms with E-state index in [-0.39, 0.29) is 11.4 Å². The lowest BCUT2D eigenvalue weighted by atomic mass is 10.2. The fraction of sp³-hybridized carbons (Fsp3) is 0.240. The van der Waals surface area contributed by atoms with E-state index in [0.29, 0.717) is 30.3 Å². The van der Waals surface area contributed by atoms with Crippen LogP contribution >= 0.6 is 0 Å². The van der Waals surface area contributed by atoms with Gasteiger partial charge in [-0.3, -0.25) is 9.10 Å². The topological polar surface area (TPSA) is 88.2 Å². The summed E-state index contributed by atoms with van der Waals surface area (Å²) in [7, 11) is -2.44. The van der Waals surface area contributed by atoms with Crippen molar-refractivity contribution >= 4 is 33.0 Å². The molecule has 1 aliphatic rings. The van der Waals surface area contributed by atoms with Gasteiger partial charge in [0.05, 0.1) is 30.9 Å². The van der Waals surface area contributed by atoms with E-state index in [4.69, 9.17) is 9.47 Å². The standard InChI is InChI=1S/C25H27N3O5S/c1-32-23-13-11-22(12-14-23)28(34(30,31)24-5-3-2-4-6-24)19-25(29)26-20-7-9-21(10-8-20)27-15-17-33-18-16-27/h2-14H,15-19H2,1H3,(H,26,29). The van der Waals surface area contributed by atoms with Crippen molar-refractivity contribution in [2.45, 2.75) is 4.90 Å². The van der Waals surface area contributed by atoms with Crippen LogP contribution in [0.2, 0.25) is 0 Å². The highest BCUT2D eigenvalue weighted by Gasteiger charge is 2.27. The number of ether oxygens (including phenoxy) is 2. The van der Waals surface area contributed by atoms with Gasteiger partial charge in [-0.1, -0.05) is 18.2 Å². The van der Waals surface area contributed by atoms with Gasteiger partial charge in [0.2, 0.25) is 5.91 Å². The van der Waals surface area contributed by atoms with Crippen LogP contribution in [0.1, 0.15) is 0 Å². The Labute approximate surface area is 199 Å². The van der Waals surface area contributed by atoms with Crippen molar-refractivity contribution in [3.05, 3.63) is 78.9 Å². The summed E-state index contributed by atoms with van der Waals surface area (Å²) < 4.78 is 38.4. The zero-order chi connectivity index (χ0) is 24.0. The van der Waals surface area contributed by atoms with E-state index in [1.807, 2.05) is 24.3 Å². The van der Waals surface area contributed by atoms with Crippen molar-refractivity contribution in [1.29, 1.82) is 0 Å². The lowest BCUT2D eigenvalue weighted by molar-refractivity contribution is -0.114. The van der Waals surface area contributed by atoms with E-state index in [2.05, 4.69) is 10.2 Å². The van der Waals surface area contributed by atoms with Gasteiger partial charge in [0, 0.05) is 24.5 Å². The SMILES string of the molecule is COc1ccc(N(CC(=O)Nc2ccc(N3CCOCC3)cc2)S(=O)(=O)c2ccccc2)cc1. The molecule has 1 heterocycles. The number of sulfonamides is 1. The van der Waals surface area contributed by atoms with Gasteiger partial charge in [-0.05, 0) is 60.7 Å². The molecule has 1 aliphatic heterocycles. The number of carbonyl (C=O) groups excluding carboxylic acids is 1. The van der Waals surface area contributed by atoms with Crippen LogP contribution in [-0.4, -0.2) is 54.3 Å². The second kappa shape index (κ2) is 10.6. The smallest absolute Gasteiger partial charge is 0.264 e. The molecule has 0 atom stereocenters. The third-order valence-electron chi connectivity index (χ3n) is 5.51. The Balaban J connectivity index is 1.53. The van der Waals surface area contributed by atoms with Crippen molar-refractivity contribution in [1.82, 2.24) is 0 Å². The Hall–Kier alpha value is -3.56. The minimum Gasteiger partial charge on any atom is -0.497 e. The van der Waals surface area contributed by atoms with E-state index in [9.17, 15) is 13.2 Å². The molecule has 1 N–H and O–H groups in total. The van der Waals surface area contributed by atoms with Gasteiger partial charge in [-0.25, -0.2) is 8.42 Å². The maximum absolute atomic E-state index is 13.4. The van der Waals surface area contributed by atoms with Crippen molar-refractivity contribution in [2.75, 3.05) is 54.5 Å². The number of nitrogens with one attached hydrogen (secondary N) is 1. The van der Waals surface area contributed by atoms with Crippen LogP contribution in [0.5, 0.6) is 5.75 Å². The van der Waals surface area contributed by atoms with Crippen LogP contribution in [0, 0.1) is 0 Å². The Morgan fingerprint density at radius 2 is 1.62 bits per heavy atom. The monoisotopic (exact) mass is 481 g/mol. The third kappa shape index (κ3) is 5.49. The highest BCUT2D eigenvalue weighted by Crippen LogP contribution is 2.26. The number of methoxy groups -OCH3 is 1. The minimum atomic E-state index is -3.97. The first-order chi connectivity index (χ1) is 16.5. The molecule has 178 valence electrons. The lowest BCUT2D eigenvalue weighted by Gasteiger charge is -2.29. The molecule has 0 spiro atoms. The molecule has 4 rings (SSSR count). The van der Waals surface area contributed by atoms with Gasteiger partial charge in [0.15, 0.2) is 0 Å². The zero-order valence-electron chi connectivity index (χ0n) is 18.9. The molecule has 8 nitrogen and oxygen atoms in total. The molecule has 0 saturated carbocycles. The molecule has 3 aromatic rings. The average molecular weight is 482 g/mol. The Kier molecular flexibility index (Phi) is 7.34. The predicted octanol–water partition coefficient (Wildman–Crippen LogP) is 3.37. The first kappa shape index (κ1) is 23.6. The summed E-state index contributed by atoms with van der Waals surface area (Å²) in [5.41, 5.74) is 2.00. The van der Waals surface area contributed by atoms with E-state index in [0.717, 1.165) is 23.1 Å². The quantitative estimate of drug-likeness (QED) is 0.531. The van der Waals surface area contributed by atoms with Gasteiger partial charge >= 0.3 is 0 Å². The summed E-state index contributed by atoms with van der Waals surface area (Å²) in [6, 6.07) is 22.1. The lowest BCUT2D eigenvalue weighted by Crippen LogP contribution is -2.38. The highest BCUT2D eigenvalue weighted by molar-refractivity contribution is 7.92. The number of nitrogens with zero attached hydrogens (tertiary/aromatic N) is 2. The first-order valence-electron chi connectivity index (χ1n) is 10.9. The summed E-state index contributed by atoms with van der Waals surface area (Å²) in [5.74, 6) is 0.139. The van der Waals surface area contributed by atoms with Crippen LogP contribution in [-0.2, 0) is 19.6 Å². The van der Waals surface area contributed by atoms with Gasteiger partial charge in [0.25, 0.3) is 10.0 Å². The summed E-state index contributed by atoms with van der Waals surface area (Å²) in [6.45, 7) is 2.64. The van der Waals surface area contributed by atoms with Crippen LogP contribution in [0.4, 0.5) is 17.1 Å². The van der Waals surface area contributed by atoms with Crippen LogP contribution in [0.3, 0.4) is 0 Å². The van der Waals surface area contributed by atoms with Gasteiger partial charge in [-0.15, -0.1) is 0 Å². The second-order valence-corrected chi connectivity index (χ2v) is 9.58.